The molecule has 0 fully saturated rings. The number of fused-ring (bicyclic) bond motifs is 3. The van der Waals surface area contributed by atoms with Gasteiger partial charge in [-0.15, -0.1) is 0 Å². The van der Waals surface area contributed by atoms with Gasteiger partial charge in [-0.1, -0.05) is 42.5 Å². The molecule has 0 aliphatic carbocycles. The summed E-state index contributed by atoms with van der Waals surface area (Å²) < 4.78 is 70.4. The number of para-hydroxylation sites is 1. The number of amides is 1. The van der Waals surface area contributed by atoms with E-state index < -0.39 is 23.5 Å². The summed E-state index contributed by atoms with van der Waals surface area (Å²) in [7, 11) is 4.31. The highest BCUT2D eigenvalue weighted by molar-refractivity contribution is 6.24. The van der Waals surface area contributed by atoms with Crippen molar-refractivity contribution in [3.05, 3.63) is 119 Å². The number of aromatic nitrogens is 2. The second-order valence-corrected chi connectivity index (χ2v) is 10.8. The molecule has 0 spiro atoms. The number of alkyl halides is 3. The Bertz CT molecular complexity index is 2150. The molecule has 7 nitrogen and oxygen atoms in total. The SMILES string of the molecule is COc1cc(/C(=C\c2ccc(C(F)(F)F)cc2)C(=O)NCc2cc3c([nH]c4ccccc43)c(-c3cccc(F)c3)n2)cc(OC)c1OC. The molecule has 0 aliphatic rings. The third-order valence-corrected chi connectivity index (χ3v) is 7.85. The van der Waals surface area contributed by atoms with Gasteiger partial charge in [-0.25, -0.2) is 9.37 Å². The van der Waals surface area contributed by atoms with Crippen molar-refractivity contribution in [3.8, 4) is 28.5 Å². The molecule has 2 N–H and O–H groups in total. The first-order chi connectivity index (χ1) is 23.1. The average Bonchev–Trinajstić information content (AvgIpc) is 3.47. The third-order valence-electron chi connectivity index (χ3n) is 7.85. The van der Waals surface area contributed by atoms with Crippen LogP contribution >= 0.6 is 0 Å². The Kier molecular flexibility index (Phi) is 8.77. The second-order valence-electron chi connectivity index (χ2n) is 10.8. The van der Waals surface area contributed by atoms with E-state index in [9.17, 15) is 22.4 Å². The number of pyridine rings is 1. The maximum atomic E-state index is 14.3. The molecule has 0 aliphatic heterocycles. The number of benzene rings is 4. The summed E-state index contributed by atoms with van der Waals surface area (Å²) in [5.41, 5.74) is 3.18. The normalized spacial score (nSPS) is 11.9. The van der Waals surface area contributed by atoms with E-state index in [1.165, 1.54) is 51.7 Å². The molecule has 2 aromatic heterocycles. The van der Waals surface area contributed by atoms with Gasteiger partial charge in [-0.2, -0.15) is 13.2 Å². The maximum Gasteiger partial charge on any atom is 0.416 e. The van der Waals surface area contributed by atoms with Gasteiger partial charge in [0.1, 0.15) is 5.82 Å². The van der Waals surface area contributed by atoms with Gasteiger partial charge in [0, 0.05) is 27.4 Å². The number of methoxy groups -OCH3 is 3. The highest BCUT2D eigenvalue weighted by atomic mass is 19.4. The van der Waals surface area contributed by atoms with Crippen molar-refractivity contribution < 1.29 is 36.6 Å². The Hall–Kier alpha value is -5.84. The predicted octanol–water partition coefficient (Wildman–Crippen LogP) is 8.42. The summed E-state index contributed by atoms with van der Waals surface area (Å²) >= 11 is 0. The molecule has 244 valence electrons. The van der Waals surface area contributed by atoms with Crippen LogP contribution in [0.2, 0.25) is 0 Å². The number of hydrogen-bond acceptors (Lipinski definition) is 5. The number of carbonyl (C=O) groups is 1. The minimum Gasteiger partial charge on any atom is -0.493 e. The topological polar surface area (TPSA) is 85.5 Å². The first-order valence-corrected chi connectivity index (χ1v) is 14.7. The highest BCUT2D eigenvalue weighted by Crippen LogP contribution is 2.40. The Morgan fingerprint density at radius 1 is 0.854 bits per heavy atom. The molecule has 0 saturated carbocycles. The zero-order valence-corrected chi connectivity index (χ0v) is 26.0. The van der Waals surface area contributed by atoms with Crippen LogP contribution in [0.25, 0.3) is 44.7 Å². The van der Waals surface area contributed by atoms with E-state index in [2.05, 4.69) is 10.3 Å². The zero-order valence-electron chi connectivity index (χ0n) is 26.0. The Morgan fingerprint density at radius 3 is 2.21 bits per heavy atom. The molecule has 1 amide bonds. The fraction of sp³-hybridized carbons (Fsp3) is 0.135. The van der Waals surface area contributed by atoms with Crippen LogP contribution in [0.15, 0.2) is 91.0 Å². The number of H-pyrrole nitrogens is 1. The molecule has 11 heteroatoms. The van der Waals surface area contributed by atoms with Crippen LogP contribution < -0.4 is 19.5 Å². The second kappa shape index (κ2) is 13.1. The van der Waals surface area contributed by atoms with Crippen molar-refractivity contribution in [3.63, 3.8) is 0 Å². The average molecular weight is 656 g/mol. The highest BCUT2D eigenvalue weighted by Gasteiger charge is 2.30. The van der Waals surface area contributed by atoms with Crippen molar-refractivity contribution in [2.45, 2.75) is 12.7 Å². The van der Waals surface area contributed by atoms with Gasteiger partial charge < -0.3 is 24.5 Å². The summed E-state index contributed by atoms with van der Waals surface area (Å²) in [6.45, 7) is -0.0224. The van der Waals surface area contributed by atoms with Gasteiger partial charge in [0.2, 0.25) is 5.75 Å². The molecule has 0 saturated heterocycles. The van der Waals surface area contributed by atoms with Crippen molar-refractivity contribution in [2.24, 2.45) is 0 Å². The van der Waals surface area contributed by atoms with E-state index in [1.807, 2.05) is 30.3 Å². The molecule has 48 heavy (non-hydrogen) atoms. The number of nitrogens with one attached hydrogen (secondary N) is 2. The van der Waals surface area contributed by atoms with Crippen molar-refractivity contribution >= 4 is 39.4 Å². The first-order valence-electron chi connectivity index (χ1n) is 14.7. The monoisotopic (exact) mass is 655 g/mol. The van der Waals surface area contributed by atoms with Crippen molar-refractivity contribution in [2.75, 3.05) is 21.3 Å². The molecular weight excluding hydrogens is 626 g/mol. The lowest BCUT2D eigenvalue weighted by Gasteiger charge is -2.16. The lowest BCUT2D eigenvalue weighted by Crippen LogP contribution is -2.24. The molecule has 0 bridgehead atoms. The third kappa shape index (κ3) is 6.39. The summed E-state index contributed by atoms with van der Waals surface area (Å²) in [4.78, 5) is 22.2. The molecule has 0 atom stereocenters. The molecule has 6 aromatic rings. The zero-order chi connectivity index (χ0) is 34.0. The summed E-state index contributed by atoms with van der Waals surface area (Å²) in [6.07, 6.45) is -3.03. The van der Waals surface area contributed by atoms with E-state index in [1.54, 1.807) is 24.3 Å². The number of aromatic amines is 1. The predicted molar refractivity (Wildman–Crippen MR) is 176 cm³/mol. The largest absolute Gasteiger partial charge is 0.493 e. The minimum absolute atomic E-state index is 0.0224. The van der Waals surface area contributed by atoms with Crippen molar-refractivity contribution in [1.82, 2.24) is 15.3 Å². The molecule has 2 heterocycles. The number of ether oxygens (including phenoxy) is 3. The van der Waals surface area contributed by atoms with Crippen LogP contribution in [0.5, 0.6) is 17.2 Å². The van der Waals surface area contributed by atoms with Gasteiger partial charge in [0.15, 0.2) is 11.5 Å². The van der Waals surface area contributed by atoms with Crippen LogP contribution in [-0.2, 0) is 17.5 Å². The molecular formula is C37H29F4N3O4. The lowest BCUT2D eigenvalue weighted by molar-refractivity contribution is -0.137. The number of carbonyl (C=O) groups excluding carboxylic acids is 1. The quantitative estimate of drug-likeness (QED) is 0.0928. The minimum atomic E-state index is -4.51. The fourth-order valence-corrected chi connectivity index (χ4v) is 5.55. The standard InChI is InChI=1S/C37H29F4N3O4/c1-46-31-17-23(18-32(47-2)35(31)48-3)28(15-21-11-13-24(14-12-21)37(39,40)41)36(45)42-20-26-19-29-27-9-4-5-10-30(27)44-34(29)33(43-26)22-7-6-8-25(38)16-22/h4-19,44H,20H2,1-3H3,(H,42,45)/b28-15+. The van der Waals surface area contributed by atoms with E-state index in [0.717, 1.165) is 33.9 Å². The van der Waals surface area contributed by atoms with E-state index in [0.29, 0.717) is 33.8 Å². The molecule has 4 aromatic carbocycles. The van der Waals surface area contributed by atoms with Gasteiger partial charge in [-0.3, -0.25) is 4.79 Å². The maximum absolute atomic E-state index is 14.3. The summed E-state index contributed by atoms with van der Waals surface area (Å²) in [5, 5.41) is 4.68. The van der Waals surface area contributed by atoms with Crippen molar-refractivity contribution in [1.29, 1.82) is 0 Å². The van der Waals surface area contributed by atoms with Gasteiger partial charge >= 0.3 is 6.18 Å². The number of halogens is 4. The summed E-state index contributed by atoms with van der Waals surface area (Å²) in [6, 6.07) is 23.3. The number of rotatable bonds is 9. The van der Waals surface area contributed by atoms with Gasteiger partial charge in [-0.05, 0) is 65.7 Å². The van der Waals surface area contributed by atoms with E-state index >= 15 is 0 Å². The van der Waals surface area contributed by atoms with Gasteiger partial charge in [0.25, 0.3) is 5.91 Å². The Balaban J connectivity index is 1.42. The molecule has 0 unspecified atom stereocenters. The Morgan fingerprint density at radius 2 is 1.56 bits per heavy atom. The Labute approximate surface area is 272 Å². The van der Waals surface area contributed by atoms with E-state index in [-0.39, 0.29) is 23.6 Å². The number of nitrogens with zero attached hydrogens (tertiary/aromatic N) is 1. The van der Waals surface area contributed by atoms with Crippen LogP contribution in [-0.4, -0.2) is 37.2 Å². The van der Waals surface area contributed by atoms with Crippen LogP contribution in [0.4, 0.5) is 17.6 Å². The van der Waals surface area contributed by atoms with E-state index in [4.69, 9.17) is 19.2 Å². The molecule has 6 rings (SSSR count). The lowest BCUT2D eigenvalue weighted by atomic mass is 10.00. The fourth-order valence-electron chi connectivity index (χ4n) is 5.55. The number of hydrogen-bond donors (Lipinski definition) is 2. The first kappa shape index (κ1) is 32.1. The van der Waals surface area contributed by atoms with Crippen LogP contribution in [0, 0.1) is 5.82 Å². The smallest absolute Gasteiger partial charge is 0.416 e. The molecule has 0 radical (unpaired) electrons. The van der Waals surface area contributed by atoms with Gasteiger partial charge in [0.05, 0.1) is 50.3 Å². The summed E-state index contributed by atoms with van der Waals surface area (Å²) in [5.74, 6) is -0.0922. The van der Waals surface area contributed by atoms with Crippen LogP contribution in [0.3, 0.4) is 0 Å². The van der Waals surface area contributed by atoms with Crippen LogP contribution in [0.1, 0.15) is 22.4 Å².